The highest BCUT2D eigenvalue weighted by atomic mass is 35.5. The Hall–Kier alpha value is 0.240. The van der Waals surface area contributed by atoms with Crippen LogP contribution in [0.4, 0.5) is 0 Å². The van der Waals surface area contributed by atoms with Crippen molar-refractivity contribution < 1.29 is 0 Å². The minimum absolute atomic E-state index is 0.0196. The van der Waals surface area contributed by atoms with Gasteiger partial charge in [0, 0.05) is 6.04 Å². The summed E-state index contributed by atoms with van der Waals surface area (Å²) in [5.41, 5.74) is 7.12. The quantitative estimate of drug-likeness (QED) is 0.807. The molecule has 1 aromatic rings. The minimum atomic E-state index is 0.0196. The van der Waals surface area contributed by atoms with Gasteiger partial charge in [-0.1, -0.05) is 49.9 Å². The summed E-state index contributed by atoms with van der Waals surface area (Å²) in [5, 5.41) is 0. The second-order valence-corrected chi connectivity index (χ2v) is 6.09. The molecule has 0 saturated carbocycles. The van der Waals surface area contributed by atoms with Crippen LogP contribution in [0.15, 0.2) is 6.07 Å². The molecule has 0 spiro atoms. The molecule has 0 bridgehead atoms. The van der Waals surface area contributed by atoms with Gasteiger partial charge in [-0.05, 0) is 24.0 Å². The SMILES string of the molecule is CCC(CC)CC(N)c1cc(Cl)sc1Cl. The summed E-state index contributed by atoms with van der Waals surface area (Å²) in [7, 11) is 0. The van der Waals surface area contributed by atoms with Crippen LogP contribution in [0, 0.1) is 5.92 Å². The first kappa shape index (κ1) is 13.3. The van der Waals surface area contributed by atoms with Gasteiger partial charge in [0.05, 0.1) is 8.67 Å². The number of hydrogen-bond donors (Lipinski definition) is 1. The molecule has 15 heavy (non-hydrogen) atoms. The van der Waals surface area contributed by atoms with Crippen molar-refractivity contribution in [2.45, 2.75) is 39.2 Å². The Balaban J connectivity index is 2.67. The number of nitrogens with two attached hydrogens (primary N) is 1. The lowest BCUT2D eigenvalue weighted by Crippen LogP contribution is -2.14. The van der Waals surface area contributed by atoms with Crippen molar-refractivity contribution in [1.29, 1.82) is 0 Å². The predicted octanol–water partition coefficient (Wildman–Crippen LogP) is 4.88. The number of thiophene rings is 1. The molecule has 2 N–H and O–H groups in total. The molecule has 0 aromatic carbocycles. The molecule has 86 valence electrons. The van der Waals surface area contributed by atoms with Crippen LogP contribution in [0.1, 0.15) is 44.7 Å². The lowest BCUT2D eigenvalue weighted by Gasteiger charge is -2.17. The Bertz CT molecular complexity index is 308. The van der Waals surface area contributed by atoms with Crippen LogP contribution >= 0.6 is 34.5 Å². The molecule has 1 nitrogen and oxygen atoms in total. The van der Waals surface area contributed by atoms with Crippen LogP contribution in [0.3, 0.4) is 0 Å². The topological polar surface area (TPSA) is 26.0 Å². The second-order valence-electron chi connectivity index (χ2n) is 3.80. The fourth-order valence-corrected chi connectivity index (χ4v) is 3.31. The zero-order chi connectivity index (χ0) is 11.4. The average molecular weight is 266 g/mol. The summed E-state index contributed by atoms with van der Waals surface area (Å²) in [6, 6.07) is 1.91. The first-order valence-electron chi connectivity index (χ1n) is 5.28. The lowest BCUT2D eigenvalue weighted by molar-refractivity contribution is 0.415. The van der Waals surface area contributed by atoms with E-state index in [1.54, 1.807) is 0 Å². The van der Waals surface area contributed by atoms with Crippen LogP contribution < -0.4 is 5.73 Å². The van der Waals surface area contributed by atoms with E-state index < -0.39 is 0 Å². The third-order valence-corrected chi connectivity index (χ3v) is 4.34. The van der Waals surface area contributed by atoms with Crippen molar-refractivity contribution >= 4 is 34.5 Å². The van der Waals surface area contributed by atoms with Crippen LogP contribution in [0.5, 0.6) is 0 Å². The normalized spacial score (nSPS) is 13.5. The van der Waals surface area contributed by atoms with Gasteiger partial charge in [-0.15, -0.1) is 11.3 Å². The van der Waals surface area contributed by atoms with Crippen LogP contribution in [-0.4, -0.2) is 0 Å². The fourth-order valence-electron chi connectivity index (χ4n) is 1.71. The highest BCUT2D eigenvalue weighted by Gasteiger charge is 2.16. The standard InChI is InChI=1S/C11H17Cl2NS/c1-3-7(4-2)5-9(14)8-6-10(12)15-11(8)13/h6-7,9H,3-5,14H2,1-2H3. The number of hydrogen-bond acceptors (Lipinski definition) is 2. The summed E-state index contributed by atoms with van der Waals surface area (Å²) in [6.07, 6.45) is 3.32. The lowest BCUT2D eigenvalue weighted by atomic mass is 9.93. The Labute approximate surface area is 106 Å². The zero-order valence-corrected chi connectivity index (χ0v) is 11.4. The first-order chi connectivity index (χ1) is 7.08. The molecule has 1 aromatic heterocycles. The molecule has 0 amide bonds. The van der Waals surface area contributed by atoms with Gasteiger partial charge in [-0.25, -0.2) is 0 Å². The molecular formula is C11H17Cl2NS. The molecule has 1 atom stereocenters. The molecule has 0 fully saturated rings. The highest BCUT2D eigenvalue weighted by Crippen LogP contribution is 2.36. The smallest absolute Gasteiger partial charge is 0.0991 e. The molecule has 1 unspecified atom stereocenters. The summed E-state index contributed by atoms with van der Waals surface area (Å²) >= 11 is 13.3. The van der Waals surface area contributed by atoms with Crippen molar-refractivity contribution in [3.8, 4) is 0 Å². The third-order valence-electron chi connectivity index (χ3n) is 2.82. The summed E-state index contributed by atoms with van der Waals surface area (Å²) < 4.78 is 1.45. The predicted molar refractivity (Wildman–Crippen MR) is 70.0 cm³/mol. The maximum Gasteiger partial charge on any atom is 0.0991 e. The zero-order valence-electron chi connectivity index (χ0n) is 9.09. The van der Waals surface area contributed by atoms with Crippen LogP contribution in [0.2, 0.25) is 8.67 Å². The van der Waals surface area contributed by atoms with Crippen molar-refractivity contribution in [1.82, 2.24) is 0 Å². The van der Waals surface area contributed by atoms with E-state index in [9.17, 15) is 0 Å². The number of halogens is 2. The van der Waals surface area contributed by atoms with E-state index in [1.807, 2.05) is 6.07 Å². The van der Waals surface area contributed by atoms with Gasteiger partial charge < -0.3 is 5.73 Å². The van der Waals surface area contributed by atoms with Gasteiger partial charge in [0.1, 0.15) is 0 Å². The maximum atomic E-state index is 6.12. The Morgan fingerprint density at radius 2 is 1.93 bits per heavy atom. The van der Waals surface area contributed by atoms with E-state index in [1.165, 1.54) is 24.2 Å². The van der Waals surface area contributed by atoms with Crippen molar-refractivity contribution in [3.63, 3.8) is 0 Å². The summed E-state index contributed by atoms with van der Waals surface area (Å²) in [6.45, 7) is 4.40. The van der Waals surface area contributed by atoms with E-state index in [-0.39, 0.29) is 6.04 Å². The molecular weight excluding hydrogens is 249 g/mol. The van der Waals surface area contributed by atoms with E-state index in [0.717, 1.165) is 20.7 Å². The second kappa shape index (κ2) is 6.09. The van der Waals surface area contributed by atoms with E-state index in [0.29, 0.717) is 5.92 Å². The Kier molecular flexibility index (Phi) is 5.41. The summed E-state index contributed by atoms with van der Waals surface area (Å²) in [4.78, 5) is 0. The van der Waals surface area contributed by atoms with E-state index >= 15 is 0 Å². The molecule has 1 heterocycles. The van der Waals surface area contributed by atoms with Gasteiger partial charge in [0.2, 0.25) is 0 Å². The molecule has 0 radical (unpaired) electrons. The van der Waals surface area contributed by atoms with Crippen molar-refractivity contribution in [3.05, 3.63) is 20.3 Å². The molecule has 0 aliphatic rings. The third kappa shape index (κ3) is 3.63. The molecule has 4 heteroatoms. The van der Waals surface area contributed by atoms with Gasteiger partial charge in [-0.2, -0.15) is 0 Å². The molecule has 0 aliphatic carbocycles. The van der Waals surface area contributed by atoms with Crippen molar-refractivity contribution in [2.75, 3.05) is 0 Å². The molecule has 1 rings (SSSR count). The molecule has 0 aliphatic heterocycles. The van der Waals surface area contributed by atoms with Crippen molar-refractivity contribution in [2.24, 2.45) is 11.7 Å². The monoisotopic (exact) mass is 265 g/mol. The van der Waals surface area contributed by atoms with Gasteiger partial charge in [0.25, 0.3) is 0 Å². The Morgan fingerprint density at radius 3 is 2.33 bits per heavy atom. The van der Waals surface area contributed by atoms with Gasteiger partial charge in [0.15, 0.2) is 0 Å². The average Bonchev–Trinajstić information content (AvgIpc) is 2.54. The van der Waals surface area contributed by atoms with Gasteiger partial charge >= 0.3 is 0 Å². The Morgan fingerprint density at radius 1 is 1.33 bits per heavy atom. The minimum Gasteiger partial charge on any atom is -0.324 e. The number of rotatable bonds is 5. The van der Waals surface area contributed by atoms with Crippen LogP contribution in [0.25, 0.3) is 0 Å². The van der Waals surface area contributed by atoms with E-state index in [4.69, 9.17) is 28.9 Å². The first-order valence-corrected chi connectivity index (χ1v) is 6.86. The van der Waals surface area contributed by atoms with Gasteiger partial charge in [-0.3, -0.25) is 0 Å². The highest BCUT2D eigenvalue weighted by molar-refractivity contribution is 7.20. The molecule has 0 saturated heterocycles. The van der Waals surface area contributed by atoms with Crippen LogP contribution in [-0.2, 0) is 0 Å². The fraction of sp³-hybridized carbons (Fsp3) is 0.636. The largest absolute Gasteiger partial charge is 0.324 e. The van der Waals surface area contributed by atoms with E-state index in [2.05, 4.69) is 13.8 Å². The maximum absolute atomic E-state index is 6.12. The summed E-state index contributed by atoms with van der Waals surface area (Å²) in [5.74, 6) is 0.676.